The Morgan fingerprint density at radius 1 is 1.28 bits per heavy atom. The molecule has 18 heavy (non-hydrogen) atoms. The van der Waals surface area contributed by atoms with Gasteiger partial charge in [0.15, 0.2) is 12.0 Å². The molecule has 0 spiro atoms. The molecule has 3 rings (SSSR count). The van der Waals surface area contributed by atoms with Crippen molar-refractivity contribution in [3.63, 3.8) is 0 Å². The van der Waals surface area contributed by atoms with Crippen LogP contribution >= 0.6 is 0 Å². The number of carbonyl (C=O) groups excluding carboxylic acids is 1. The molecule has 1 aromatic carbocycles. The highest BCUT2D eigenvalue weighted by molar-refractivity contribution is 6.04. The average Bonchev–Trinajstić information content (AvgIpc) is 2.87. The minimum absolute atomic E-state index is 0.203. The van der Waals surface area contributed by atoms with Gasteiger partial charge >= 0.3 is 0 Å². The first-order valence-electron chi connectivity index (χ1n) is 5.37. The lowest BCUT2D eigenvalue weighted by Crippen LogP contribution is -2.11. The second kappa shape index (κ2) is 4.29. The molecule has 0 saturated heterocycles. The minimum Gasteiger partial charge on any atom is -0.443 e. The number of hydrogen-bond donors (Lipinski definition) is 1. The fourth-order valence-electron chi connectivity index (χ4n) is 1.64. The molecular weight excluding hydrogens is 230 g/mol. The van der Waals surface area contributed by atoms with Gasteiger partial charge in [-0.25, -0.2) is 4.98 Å². The molecule has 0 aliphatic carbocycles. The van der Waals surface area contributed by atoms with Crippen LogP contribution in [0.4, 0.5) is 5.69 Å². The van der Waals surface area contributed by atoms with Gasteiger partial charge in [0.05, 0.1) is 5.56 Å². The summed E-state index contributed by atoms with van der Waals surface area (Å²) in [4.78, 5) is 19.8. The van der Waals surface area contributed by atoms with Crippen molar-refractivity contribution < 1.29 is 9.21 Å². The third kappa shape index (κ3) is 1.93. The second-order valence-electron chi connectivity index (χ2n) is 3.73. The number of rotatable bonds is 2. The van der Waals surface area contributed by atoms with Crippen molar-refractivity contribution >= 4 is 22.7 Å². The maximum atomic E-state index is 11.9. The predicted octanol–water partition coefficient (Wildman–Crippen LogP) is 2.48. The Balaban J connectivity index is 1.86. The maximum absolute atomic E-state index is 11.9. The number of fused-ring (bicyclic) bond motifs is 1. The number of oxazole rings is 1. The van der Waals surface area contributed by atoms with Crippen molar-refractivity contribution in [3.05, 3.63) is 54.7 Å². The highest BCUT2D eigenvalue weighted by Crippen LogP contribution is 2.18. The van der Waals surface area contributed by atoms with E-state index in [0.717, 1.165) is 0 Å². The molecule has 0 aliphatic rings. The van der Waals surface area contributed by atoms with Gasteiger partial charge < -0.3 is 9.73 Å². The van der Waals surface area contributed by atoms with Gasteiger partial charge in [-0.15, -0.1) is 0 Å². The van der Waals surface area contributed by atoms with Crippen molar-refractivity contribution in [2.75, 3.05) is 5.32 Å². The van der Waals surface area contributed by atoms with E-state index in [4.69, 9.17) is 4.42 Å². The molecule has 2 heterocycles. The Kier molecular flexibility index (Phi) is 2.49. The smallest absolute Gasteiger partial charge is 0.257 e. The summed E-state index contributed by atoms with van der Waals surface area (Å²) in [5, 5.41) is 2.78. The third-order valence-corrected chi connectivity index (χ3v) is 2.51. The zero-order chi connectivity index (χ0) is 12.4. The van der Waals surface area contributed by atoms with Crippen LogP contribution in [0, 0.1) is 0 Å². The lowest BCUT2D eigenvalue weighted by atomic mass is 10.2. The van der Waals surface area contributed by atoms with Crippen LogP contribution in [0.2, 0.25) is 0 Å². The Hall–Kier alpha value is -2.69. The Morgan fingerprint density at radius 3 is 3.06 bits per heavy atom. The summed E-state index contributed by atoms with van der Waals surface area (Å²) in [5.41, 5.74) is 2.58. The number of carbonyl (C=O) groups is 1. The van der Waals surface area contributed by atoms with Crippen LogP contribution in [0.15, 0.2) is 53.5 Å². The molecule has 0 atom stereocenters. The first-order chi connectivity index (χ1) is 8.83. The molecule has 2 aromatic heterocycles. The SMILES string of the molecule is O=C(Nc1ccc2ocnc2c1)c1cccnc1. The Bertz CT molecular complexity index is 692. The summed E-state index contributed by atoms with van der Waals surface area (Å²) in [6.07, 6.45) is 4.51. The number of benzene rings is 1. The molecule has 0 radical (unpaired) electrons. The maximum Gasteiger partial charge on any atom is 0.257 e. The molecule has 0 bridgehead atoms. The fourth-order valence-corrected chi connectivity index (χ4v) is 1.64. The summed E-state index contributed by atoms with van der Waals surface area (Å²) in [5.74, 6) is -0.203. The predicted molar refractivity (Wildman–Crippen MR) is 66.2 cm³/mol. The molecule has 88 valence electrons. The number of pyridine rings is 1. The number of nitrogens with one attached hydrogen (secondary N) is 1. The second-order valence-corrected chi connectivity index (χ2v) is 3.73. The van der Waals surface area contributed by atoms with Gasteiger partial charge in [0.25, 0.3) is 5.91 Å². The summed E-state index contributed by atoms with van der Waals surface area (Å²) in [6, 6.07) is 8.71. The van der Waals surface area contributed by atoms with Crippen LogP contribution in [0.3, 0.4) is 0 Å². The third-order valence-electron chi connectivity index (χ3n) is 2.51. The van der Waals surface area contributed by atoms with E-state index in [0.29, 0.717) is 22.4 Å². The standard InChI is InChI=1S/C13H9N3O2/c17-13(9-2-1-5-14-7-9)16-10-3-4-12-11(6-10)15-8-18-12/h1-8H,(H,16,17). The molecule has 0 saturated carbocycles. The number of amides is 1. The Morgan fingerprint density at radius 2 is 2.22 bits per heavy atom. The van der Waals surface area contributed by atoms with Crippen molar-refractivity contribution in [3.8, 4) is 0 Å². The molecular formula is C13H9N3O2. The molecule has 1 amide bonds. The summed E-state index contributed by atoms with van der Waals surface area (Å²) < 4.78 is 5.13. The summed E-state index contributed by atoms with van der Waals surface area (Å²) in [7, 11) is 0. The number of anilines is 1. The van der Waals surface area contributed by atoms with Crippen LogP contribution in [-0.2, 0) is 0 Å². The van der Waals surface area contributed by atoms with Crippen LogP contribution in [-0.4, -0.2) is 15.9 Å². The fraction of sp³-hybridized carbons (Fsp3) is 0. The van der Waals surface area contributed by atoms with E-state index < -0.39 is 0 Å². The van der Waals surface area contributed by atoms with E-state index in [1.54, 1.807) is 36.5 Å². The van der Waals surface area contributed by atoms with Gasteiger partial charge in [-0.05, 0) is 30.3 Å². The average molecular weight is 239 g/mol. The quantitative estimate of drug-likeness (QED) is 0.745. The van der Waals surface area contributed by atoms with E-state index in [2.05, 4.69) is 15.3 Å². The van der Waals surface area contributed by atoms with E-state index in [1.807, 2.05) is 0 Å². The molecule has 5 nitrogen and oxygen atoms in total. The van der Waals surface area contributed by atoms with Crippen LogP contribution < -0.4 is 5.32 Å². The van der Waals surface area contributed by atoms with Crippen LogP contribution in [0.1, 0.15) is 10.4 Å². The van der Waals surface area contributed by atoms with Gasteiger partial charge in [-0.1, -0.05) is 0 Å². The number of hydrogen-bond acceptors (Lipinski definition) is 4. The van der Waals surface area contributed by atoms with Gasteiger partial charge in [0.2, 0.25) is 0 Å². The van der Waals surface area contributed by atoms with Crippen molar-refractivity contribution in [1.82, 2.24) is 9.97 Å². The van der Waals surface area contributed by atoms with E-state index in [-0.39, 0.29) is 5.91 Å². The van der Waals surface area contributed by atoms with Gasteiger partial charge in [0, 0.05) is 18.1 Å². The first kappa shape index (κ1) is 10.5. The summed E-state index contributed by atoms with van der Waals surface area (Å²) in [6.45, 7) is 0. The van der Waals surface area contributed by atoms with Crippen molar-refractivity contribution in [1.29, 1.82) is 0 Å². The van der Waals surface area contributed by atoms with E-state index >= 15 is 0 Å². The summed E-state index contributed by atoms with van der Waals surface area (Å²) >= 11 is 0. The largest absolute Gasteiger partial charge is 0.443 e. The lowest BCUT2D eigenvalue weighted by Gasteiger charge is -2.04. The zero-order valence-corrected chi connectivity index (χ0v) is 9.33. The molecule has 1 N–H and O–H groups in total. The van der Waals surface area contributed by atoms with Gasteiger partial charge in [0.1, 0.15) is 5.52 Å². The number of aromatic nitrogens is 2. The molecule has 5 heteroatoms. The lowest BCUT2D eigenvalue weighted by molar-refractivity contribution is 0.102. The topological polar surface area (TPSA) is 68.0 Å². The molecule has 0 fully saturated rings. The highest BCUT2D eigenvalue weighted by Gasteiger charge is 2.07. The Labute approximate surface area is 102 Å². The van der Waals surface area contributed by atoms with Gasteiger partial charge in [-0.3, -0.25) is 9.78 Å². The molecule has 0 aliphatic heterocycles. The van der Waals surface area contributed by atoms with Crippen LogP contribution in [0.25, 0.3) is 11.1 Å². The minimum atomic E-state index is -0.203. The van der Waals surface area contributed by atoms with Crippen molar-refractivity contribution in [2.24, 2.45) is 0 Å². The molecule has 3 aromatic rings. The zero-order valence-electron chi connectivity index (χ0n) is 9.33. The van der Waals surface area contributed by atoms with Crippen LogP contribution in [0.5, 0.6) is 0 Å². The van der Waals surface area contributed by atoms with Gasteiger partial charge in [-0.2, -0.15) is 0 Å². The number of nitrogens with zero attached hydrogens (tertiary/aromatic N) is 2. The highest BCUT2D eigenvalue weighted by atomic mass is 16.3. The molecule has 0 unspecified atom stereocenters. The monoisotopic (exact) mass is 239 g/mol. The van der Waals surface area contributed by atoms with E-state index in [1.165, 1.54) is 12.6 Å². The van der Waals surface area contributed by atoms with Crippen molar-refractivity contribution in [2.45, 2.75) is 0 Å². The van der Waals surface area contributed by atoms with E-state index in [9.17, 15) is 4.79 Å². The normalized spacial score (nSPS) is 10.4. The first-order valence-corrected chi connectivity index (χ1v) is 5.37.